The van der Waals surface area contributed by atoms with Crippen LogP contribution >= 0.6 is 0 Å². The minimum absolute atomic E-state index is 0.285. The number of halogens is 3. The van der Waals surface area contributed by atoms with Crippen LogP contribution in [-0.2, 0) is 6.18 Å². The van der Waals surface area contributed by atoms with E-state index in [9.17, 15) is 23.3 Å². The predicted molar refractivity (Wildman–Crippen MR) is 53.0 cm³/mol. The number of aromatic nitrogens is 3. The molecule has 0 spiro atoms. The Morgan fingerprint density at radius 1 is 1.39 bits per heavy atom. The quantitative estimate of drug-likeness (QED) is 0.611. The van der Waals surface area contributed by atoms with E-state index in [2.05, 4.69) is 10.1 Å². The van der Waals surface area contributed by atoms with Gasteiger partial charge in [-0.05, 0) is 6.07 Å². The fraction of sp³-hybridized carbons (Fsp3) is 0.111. The second-order valence-corrected chi connectivity index (χ2v) is 3.26. The minimum Gasteiger partial charge on any atom is -0.258 e. The van der Waals surface area contributed by atoms with Crippen molar-refractivity contribution >= 4 is 5.69 Å². The van der Waals surface area contributed by atoms with E-state index in [1.807, 2.05) is 0 Å². The fourth-order valence-corrected chi connectivity index (χ4v) is 1.33. The Hall–Kier alpha value is -2.45. The van der Waals surface area contributed by atoms with Gasteiger partial charge in [-0.3, -0.25) is 10.1 Å². The molecule has 94 valence electrons. The molecule has 0 radical (unpaired) electrons. The van der Waals surface area contributed by atoms with E-state index in [-0.39, 0.29) is 5.69 Å². The molecule has 2 aromatic heterocycles. The Kier molecular flexibility index (Phi) is 2.73. The Balaban J connectivity index is 2.63. The predicted octanol–water partition coefficient (Wildman–Crippen LogP) is 2.19. The second-order valence-electron chi connectivity index (χ2n) is 3.26. The van der Waals surface area contributed by atoms with Gasteiger partial charge in [-0.25, -0.2) is 9.67 Å². The molecule has 0 saturated heterocycles. The number of nitrogens with zero attached hydrogens (tertiary/aromatic N) is 4. The molecule has 2 heterocycles. The maximum Gasteiger partial charge on any atom is 0.433 e. The van der Waals surface area contributed by atoms with Crippen LogP contribution in [0.25, 0.3) is 5.69 Å². The Labute approximate surface area is 97.8 Å². The van der Waals surface area contributed by atoms with E-state index in [0.29, 0.717) is 12.3 Å². The van der Waals surface area contributed by atoms with Crippen LogP contribution in [0.5, 0.6) is 0 Å². The van der Waals surface area contributed by atoms with Gasteiger partial charge < -0.3 is 0 Å². The summed E-state index contributed by atoms with van der Waals surface area (Å²) in [5.74, 6) is 0. The highest BCUT2D eigenvalue weighted by molar-refractivity contribution is 5.51. The van der Waals surface area contributed by atoms with Gasteiger partial charge in [0.25, 0.3) is 0 Å². The molecule has 0 N–H and O–H groups in total. The molecular formula is C9H5F3N4O2. The van der Waals surface area contributed by atoms with Gasteiger partial charge in [0.05, 0.1) is 4.92 Å². The third-order valence-corrected chi connectivity index (χ3v) is 2.10. The number of hydrogen-bond acceptors (Lipinski definition) is 4. The van der Waals surface area contributed by atoms with E-state index in [1.54, 1.807) is 0 Å². The van der Waals surface area contributed by atoms with Crippen LogP contribution in [0.4, 0.5) is 18.9 Å². The monoisotopic (exact) mass is 258 g/mol. The molecule has 0 bridgehead atoms. The van der Waals surface area contributed by atoms with Crippen LogP contribution in [0.3, 0.4) is 0 Å². The number of rotatable bonds is 2. The van der Waals surface area contributed by atoms with Gasteiger partial charge in [-0.15, -0.1) is 0 Å². The van der Waals surface area contributed by atoms with E-state index >= 15 is 0 Å². The Morgan fingerprint density at radius 2 is 2.11 bits per heavy atom. The van der Waals surface area contributed by atoms with Crippen molar-refractivity contribution in [1.29, 1.82) is 0 Å². The van der Waals surface area contributed by atoms with E-state index in [0.717, 1.165) is 4.68 Å². The first-order chi connectivity index (χ1) is 8.39. The largest absolute Gasteiger partial charge is 0.433 e. The normalized spacial score (nSPS) is 11.5. The Morgan fingerprint density at radius 3 is 2.61 bits per heavy atom. The zero-order valence-corrected chi connectivity index (χ0v) is 8.63. The highest BCUT2D eigenvalue weighted by atomic mass is 19.4. The topological polar surface area (TPSA) is 73.8 Å². The lowest BCUT2D eigenvalue weighted by Gasteiger charge is -2.08. The molecule has 2 rings (SSSR count). The van der Waals surface area contributed by atoms with Gasteiger partial charge in [-0.1, -0.05) is 0 Å². The standard InChI is InChI=1S/C9H5F3N4O2/c10-9(11,12)8-4-6(15-3-1-2-14-15)7(5-13-8)16(17)18/h1-5H. The molecule has 0 atom stereocenters. The SMILES string of the molecule is O=[N+]([O-])c1cnc(C(F)(F)F)cc1-n1cccn1. The summed E-state index contributed by atoms with van der Waals surface area (Å²) in [6.07, 6.45) is -1.49. The minimum atomic E-state index is -4.67. The first-order valence-corrected chi connectivity index (χ1v) is 4.61. The van der Waals surface area contributed by atoms with Gasteiger partial charge in [0, 0.05) is 18.5 Å². The lowest BCUT2D eigenvalue weighted by molar-refractivity contribution is -0.385. The second kappa shape index (κ2) is 4.09. The van der Waals surface area contributed by atoms with Crippen LogP contribution in [0.1, 0.15) is 5.69 Å². The van der Waals surface area contributed by atoms with Crippen molar-refractivity contribution in [2.45, 2.75) is 6.18 Å². The lowest BCUT2D eigenvalue weighted by atomic mass is 10.3. The maximum atomic E-state index is 12.5. The summed E-state index contributed by atoms with van der Waals surface area (Å²) in [4.78, 5) is 12.9. The van der Waals surface area contributed by atoms with Crippen molar-refractivity contribution < 1.29 is 18.1 Å². The Bertz CT molecular complexity index is 580. The van der Waals surface area contributed by atoms with Crippen molar-refractivity contribution in [1.82, 2.24) is 14.8 Å². The van der Waals surface area contributed by atoms with Gasteiger partial charge >= 0.3 is 11.9 Å². The van der Waals surface area contributed by atoms with Gasteiger partial charge in [0.2, 0.25) is 0 Å². The first kappa shape index (κ1) is 12.0. The third-order valence-electron chi connectivity index (χ3n) is 2.10. The van der Waals surface area contributed by atoms with Crippen molar-refractivity contribution in [3.8, 4) is 5.69 Å². The van der Waals surface area contributed by atoms with Crippen LogP contribution in [0, 0.1) is 10.1 Å². The fourth-order valence-electron chi connectivity index (χ4n) is 1.33. The molecule has 6 nitrogen and oxygen atoms in total. The highest BCUT2D eigenvalue weighted by Gasteiger charge is 2.34. The molecule has 0 aromatic carbocycles. The molecule has 0 fully saturated rings. The van der Waals surface area contributed by atoms with E-state index < -0.39 is 22.5 Å². The van der Waals surface area contributed by atoms with Crippen LogP contribution in [0.2, 0.25) is 0 Å². The zero-order chi connectivity index (χ0) is 13.3. The van der Waals surface area contributed by atoms with Gasteiger partial charge in [0.1, 0.15) is 17.6 Å². The summed E-state index contributed by atoms with van der Waals surface area (Å²) < 4.78 is 38.4. The summed E-state index contributed by atoms with van der Waals surface area (Å²) in [5, 5.41) is 14.4. The third kappa shape index (κ3) is 2.14. The molecular weight excluding hydrogens is 253 g/mol. The average molecular weight is 258 g/mol. The maximum absolute atomic E-state index is 12.5. The zero-order valence-electron chi connectivity index (χ0n) is 8.63. The van der Waals surface area contributed by atoms with Crippen LogP contribution < -0.4 is 0 Å². The summed E-state index contributed by atoms with van der Waals surface area (Å²) in [7, 11) is 0. The van der Waals surface area contributed by atoms with E-state index in [4.69, 9.17) is 0 Å². The molecule has 9 heteroatoms. The molecule has 0 aliphatic rings. The molecule has 18 heavy (non-hydrogen) atoms. The molecule has 0 amide bonds. The van der Waals surface area contributed by atoms with E-state index in [1.165, 1.54) is 18.5 Å². The molecule has 0 saturated carbocycles. The number of nitro groups is 1. The average Bonchev–Trinajstić information content (AvgIpc) is 2.80. The number of alkyl halides is 3. The number of hydrogen-bond donors (Lipinski definition) is 0. The number of pyridine rings is 1. The van der Waals surface area contributed by atoms with Gasteiger partial charge in [0.15, 0.2) is 0 Å². The smallest absolute Gasteiger partial charge is 0.258 e. The highest BCUT2D eigenvalue weighted by Crippen LogP contribution is 2.31. The van der Waals surface area contributed by atoms with Crippen LogP contribution in [0.15, 0.2) is 30.7 Å². The molecule has 0 aliphatic carbocycles. The molecule has 0 unspecified atom stereocenters. The van der Waals surface area contributed by atoms with Crippen molar-refractivity contribution in [2.75, 3.05) is 0 Å². The lowest BCUT2D eigenvalue weighted by Crippen LogP contribution is -2.11. The van der Waals surface area contributed by atoms with Crippen molar-refractivity contribution in [3.05, 3.63) is 46.5 Å². The summed E-state index contributed by atoms with van der Waals surface area (Å²) >= 11 is 0. The van der Waals surface area contributed by atoms with Crippen molar-refractivity contribution in [2.24, 2.45) is 0 Å². The van der Waals surface area contributed by atoms with Crippen molar-refractivity contribution in [3.63, 3.8) is 0 Å². The van der Waals surface area contributed by atoms with Crippen LogP contribution in [-0.4, -0.2) is 19.7 Å². The molecule has 2 aromatic rings. The molecule has 0 aliphatic heterocycles. The van der Waals surface area contributed by atoms with Gasteiger partial charge in [-0.2, -0.15) is 18.3 Å². The summed E-state index contributed by atoms with van der Waals surface area (Å²) in [5.41, 5.74) is -2.04. The summed E-state index contributed by atoms with van der Waals surface area (Å²) in [6, 6.07) is 2.03. The first-order valence-electron chi connectivity index (χ1n) is 4.61. The summed E-state index contributed by atoms with van der Waals surface area (Å²) in [6.45, 7) is 0.